The number of nitrogens with one attached hydrogen (secondary N) is 2. The fourth-order valence-corrected chi connectivity index (χ4v) is 2.97. The highest BCUT2D eigenvalue weighted by molar-refractivity contribution is 5.90. The van der Waals surface area contributed by atoms with Gasteiger partial charge in [-0.2, -0.15) is 0 Å². The molecule has 0 aliphatic carbocycles. The van der Waals surface area contributed by atoms with Crippen molar-refractivity contribution in [3.05, 3.63) is 71.2 Å². The third-order valence-electron chi connectivity index (χ3n) is 4.46. The smallest absolute Gasteiger partial charge is 0.224 e. The molecule has 3 N–H and O–H groups in total. The SMILES string of the molecule is Cc1[nH]c2ccccc2c1CC(=O)NCC(C)(O)c1ccc(F)cc1. The van der Waals surface area contributed by atoms with Crippen molar-refractivity contribution in [2.45, 2.75) is 25.9 Å². The maximum Gasteiger partial charge on any atom is 0.224 e. The van der Waals surface area contributed by atoms with E-state index in [0.29, 0.717) is 5.56 Å². The van der Waals surface area contributed by atoms with Crippen molar-refractivity contribution in [1.29, 1.82) is 0 Å². The average Bonchev–Trinajstić information content (AvgIpc) is 2.89. The first kappa shape index (κ1) is 17.2. The fraction of sp³-hybridized carbons (Fsp3) is 0.250. The van der Waals surface area contributed by atoms with Crippen LogP contribution < -0.4 is 5.32 Å². The molecule has 5 heteroatoms. The normalized spacial score (nSPS) is 13.6. The van der Waals surface area contributed by atoms with Gasteiger partial charge in [0.25, 0.3) is 0 Å². The zero-order valence-electron chi connectivity index (χ0n) is 14.3. The van der Waals surface area contributed by atoms with Crippen molar-refractivity contribution in [1.82, 2.24) is 10.3 Å². The molecular formula is C20H21FN2O2. The Morgan fingerprint density at radius 2 is 1.88 bits per heavy atom. The number of carbonyl (C=O) groups is 1. The van der Waals surface area contributed by atoms with E-state index in [1.54, 1.807) is 6.92 Å². The summed E-state index contributed by atoms with van der Waals surface area (Å²) in [7, 11) is 0. The number of carbonyl (C=O) groups excluding carboxylic acids is 1. The summed E-state index contributed by atoms with van der Waals surface area (Å²) >= 11 is 0. The van der Waals surface area contributed by atoms with Crippen LogP contribution in [0.1, 0.15) is 23.7 Å². The van der Waals surface area contributed by atoms with E-state index in [0.717, 1.165) is 22.2 Å². The van der Waals surface area contributed by atoms with Gasteiger partial charge in [0, 0.05) is 16.6 Å². The number of para-hydroxylation sites is 1. The zero-order valence-corrected chi connectivity index (χ0v) is 14.3. The molecule has 0 aliphatic heterocycles. The van der Waals surface area contributed by atoms with E-state index in [1.807, 2.05) is 31.2 Å². The number of aromatic nitrogens is 1. The second kappa shape index (κ2) is 6.69. The first-order valence-electron chi connectivity index (χ1n) is 8.18. The predicted molar refractivity (Wildman–Crippen MR) is 95.7 cm³/mol. The number of aliphatic hydroxyl groups is 1. The number of hydrogen-bond acceptors (Lipinski definition) is 2. The van der Waals surface area contributed by atoms with Crippen LogP contribution in [0.2, 0.25) is 0 Å². The molecule has 1 amide bonds. The minimum absolute atomic E-state index is 0.0544. The molecule has 130 valence electrons. The van der Waals surface area contributed by atoms with Crippen molar-refractivity contribution < 1.29 is 14.3 Å². The zero-order chi connectivity index (χ0) is 18.0. The van der Waals surface area contributed by atoms with Gasteiger partial charge in [0.05, 0.1) is 13.0 Å². The van der Waals surface area contributed by atoms with Gasteiger partial charge < -0.3 is 15.4 Å². The van der Waals surface area contributed by atoms with Crippen LogP contribution in [-0.4, -0.2) is 22.5 Å². The molecule has 0 radical (unpaired) electrons. The molecule has 1 aromatic heterocycles. The summed E-state index contributed by atoms with van der Waals surface area (Å²) in [4.78, 5) is 15.6. The maximum absolute atomic E-state index is 13.0. The molecule has 1 heterocycles. The number of halogens is 1. The van der Waals surface area contributed by atoms with Crippen molar-refractivity contribution in [3.63, 3.8) is 0 Å². The molecule has 0 saturated heterocycles. The quantitative estimate of drug-likeness (QED) is 0.668. The molecule has 25 heavy (non-hydrogen) atoms. The lowest BCUT2D eigenvalue weighted by molar-refractivity contribution is -0.121. The van der Waals surface area contributed by atoms with Crippen LogP contribution in [0.4, 0.5) is 4.39 Å². The fourth-order valence-electron chi connectivity index (χ4n) is 2.97. The van der Waals surface area contributed by atoms with Crippen LogP contribution in [0.25, 0.3) is 10.9 Å². The van der Waals surface area contributed by atoms with E-state index in [1.165, 1.54) is 24.3 Å². The highest BCUT2D eigenvalue weighted by atomic mass is 19.1. The van der Waals surface area contributed by atoms with Gasteiger partial charge in [-0.15, -0.1) is 0 Å². The largest absolute Gasteiger partial charge is 0.384 e. The number of rotatable bonds is 5. The molecule has 1 atom stereocenters. The topological polar surface area (TPSA) is 65.1 Å². The highest BCUT2D eigenvalue weighted by Gasteiger charge is 2.24. The van der Waals surface area contributed by atoms with Gasteiger partial charge >= 0.3 is 0 Å². The Hall–Kier alpha value is -2.66. The Bertz CT molecular complexity index is 898. The highest BCUT2D eigenvalue weighted by Crippen LogP contribution is 2.23. The van der Waals surface area contributed by atoms with Crippen molar-refractivity contribution in [2.75, 3.05) is 6.54 Å². The lowest BCUT2D eigenvalue weighted by atomic mass is 9.96. The number of H-pyrrole nitrogens is 1. The number of fused-ring (bicyclic) bond motifs is 1. The number of benzene rings is 2. The van der Waals surface area contributed by atoms with Gasteiger partial charge in [0.2, 0.25) is 5.91 Å². The van der Waals surface area contributed by atoms with Crippen LogP contribution >= 0.6 is 0 Å². The summed E-state index contributed by atoms with van der Waals surface area (Å²) < 4.78 is 13.0. The Balaban J connectivity index is 1.68. The molecule has 1 unspecified atom stereocenters. The van der Waals surface area contributed by atoms with E-state index < -0.39 is 5.60 Å². The molecule has 3 aromatic rings. The standard InChI is InChI=1S/C20H21FN2O2/c1-13-17(16-5-3-4-6-18(16)23-13)11-19(24)22-12-20(2,25)14-7-9-15(21)10-8-14/h3-10,23,25H,11-12H2,1-2H3,(H,22,24). The Kier molecular flexibility index (Phi) is 4.59. The number of hydrogen-bond donors (Lipinski definition) is 3. The Labute approximate surface area is 145 Å². The van der Waals surface area contributed by atoms with Crippen LogP contribution in [-0.2, 0) is 16.8 Å². The van der Waals surface area contributed by atoms with Crippen LogP contribution in [0.5, 0.6) is 0 Å². The van der Waals surface area contributed by atoms with E-state index in [2.05, 4.69) is 10.3 Å². The first-order valence-corrected chi connectivity index (χ1v) is 8.18. The van der Waals surface area contributed by atoms with Crippen molar-refractivity contribution in [3.8, 4) is 0 Å². The summed E-state index contributed by atoms with van der Waals surface area (Å²) in [6.07, 6.45) is 0.231. The van der Waals surface area contributed by atoms with Crippen LogP contribution in [0.3, 0.4) is 0 Å². The van der Waals surface area contributed by atoms with Gasteiger partial charge in [-0.1, -0.05) is 30.3 Å². The van der Waals surface area contributed by atoms with Crippen LogP contribution in [0.15, 0.2) is 48.5 Å². The molecule has 3 rings (SSSR count). The monoisotopic (exact) mass is 340 g/mol. The lowest BCUT2D eigenvalue weighted by Crippen LogP contribution is -2.39. The summed E-state index contributed by atoms with van der Waals surface area (Å²) in [6.45, 7) is 3.59. The lowest BCUT2D eigenvalue weighted by Gasteiger charge is -2.24. The van der Waals surface area contributed by atoms with Gasteiger partial charge in [-0.25, -0.2) is 4.39 Å². The minimum atomic E-state index is -1.27. The Morgan fingerprint density at radius 1 is 1.20 bits per heavy atom. The number of aromatic amines is 1. The van der Waals surface area contributed by atoms with Crippen molar-refractivity contribution >= 4 is 16.8 Å². The second-order valence-electron chi connectivity index (χ2n) is 6.51. The van der Waals surface area contributed by atoms with Crippen molar-refractivity contribution in [2.24, 2.45) is 0 Å². The molecule has 0 bridgehead atoms. The molecular weight excluding hydrogens is 319 g/mol. The first-order chi connectivity index (χ1) is 11.9. The molecule has 0 fully saturated rings. The average molecular weight is 340 g/mol. The van der Waals surface area contributed by atoms with Gasteiger partial charge in [0.1, 0.15) is 11.4 Å². The molecule has 0 spiro atoms. The minimum Gasteiger partial charge on any atom is -0.384 e. The predicted octanol–water partition coefficient (Wildman–Crippen LogP) is 3.18. The summed E-state index contributed by atoms with van der Waals surface area (Å²) in [6, 6.07) is 13.5. The molecule has 0 saturated carbocycles. The Morgan fingerprint density at radius 3 is 2.60 bits per heavy atom. The van der Waals surface area contributed by atoms with Gasteiger partial charge in [-0.3, -0.25) is 4.79 Å². The van der Waals surface area contributed by atoms with E-state index in [-0.39, 0.29) is 24.7 Å². The van der Waals surface area contributed by atoms with E-state index in [9.17, 15) is 14.3 Å². The summed E-state index contributed by atoms with van der Waals surface area (Å²) in [5.41, 5.74) is 2.20. The molecule has 0 aliphatic rings. The van der Waals surface area contributed by atoms with E-state index >= 15 is 0 Å². The van der Waals surface area contributed by atoms with Gasteiger partial charge in [-0.05, 0) is 43.2 Å². The summed E-state index contributed by atoms with van der Waals surface area (Å²) in [5.74, 6) is -0.534. The third kappa shape index (κ3) is 3.72. The second-order valence-corrected chi connectivity index (χ2v) is 6.51. The number of aryl methyl sites for hydroxylation is 1. The number of amides is 1. The molecule has 2 aromatic carbocycles. The maximum atomic E-state index is 13.0. The van der Waals surface area contributed by atoms with Gasteiger partial charge in [0.15, 0.2) is 0 Å². The molecule has 4 nitrogen and oxygen atoms in total. The third-order valence-corrected chi connectivity index (χ3v) is 4.46. The van der Waals surface area contributed by atoms with E-state index in [4.69, 9.17) is 0 Å². The van der Waals surface area contributed by atoms with Crippen LogP contribution in [0, 0.1) is 12.7 Å². The summed E-state index contributed by atoms with van der Waals surface area (Å²) in [5, 5.41) is 14.3.